The molecule has 12 heavy (non-hydrogen) atoms. The highest BCUT2D eigenvalue weighted by Crippen LogP contribution is 2.10. The molecule has 1 atom stereocenters. The largest absolute Gasteiger partial charge is 0.327 e. The van der Waals surface area contributed by atoms with E-state index in [1.165, 1.54) is 32.5 Å². The van der Waals surface area contributed by atoms with Gasteiger partial charge in [0.05, 0.1) is 0 Å². The highest BCUT2D eigenvalue weighted by Gasteiger charge is 2.13. The fourth-order valence-corrected chi connectivity index (χ4v) is 1.67. The molecule has 0 amide bonds. The van der Waals surface area contributed by atoms with Crippen LogP contribution in [0.4, 0.5) is 0 Å². The molecule has 1 heterocycles. The predicted octanol–water partition coefficient (Wildman–Crippen LogP) is 1.46. The molecule has 72 valence electrons. The molecule has 2 N–H and O–H groups in total. The van der Waals surface area contributed by atoms with Gasteiger partial charge in [-0.25, -0.2) is 0 Å². The fourth-order valence-electron chi connectivity index (χ4n) is 1.67. The van der Waals surface area contributed by atoms with Crippen LogP contribution in [0.1, 0.15) is 33.1 Å². The van der Waals surface area contributed by atoms with Crippen LogP contribution < -0.4 is 5.73 Å². The topological polar surface area (TPSA) is 29.3 Å². The second-order valence-corrected chi connectivity index (χ2v) is 4.25. The van der Waals surface area contributed by atoms with Gasteiger partial charge in [-0.1, -0.05) is 13.8 Å². The molecule has 1 saturated heterocycles. The monoisotopic (exact) mass is 170 g/mol. The average molecular weight is 170 g/mol. The molecular weight excluding hydrogens is 148 g/mol. The molecule has 1 aliphatic rings. The van der Waals surface area contributed by atoms with Crippen LogP contribution in [-0.2, 0) is 0 Å². The van der Waals surface area contributed by atoms with Crippen molar-refractivity contribution >= 4 is 0 Å². The van der Waals surface area contributed by atoms with Gasteiger partial charge in [0.1, 0.15) is 0 Å². The number of nitrogens with two attached hydrogens (primary N) is 1. The fraction of sp³-hybridized carbons (Fsp3) is 1.00. The Morgan fingerprint density at radius 2 is 1.83 bits per heavy atom. The standard InChI is InChI=1S/C10H22N2/c1-9(2)10(11)5-8-12-6-3-4-7-12/h9-10H,3-8,11H2,1-2H3. The van der Waals surface area contributed by atoms with E-state index >= 15 is 0 Å². The summed E-state index contributed by atoms with van der Waals surface area (Å²) in [4.78, 5) is 2.53. The van der Waals surface area contributed by atoms with Gasteiger partial charge in [-0.3, -0.25) is 0 Å². The summed E-state index contributed by atoms with van der Waals surface area (Å²) in [6, 6.07) is 0.394. The average Bonchev–Trinajstić information content (AvgIpc) is 2.51. The molecular formula is C10H22N2. The molecule has 2 heteroatoms. The van der Waals surface area contributed by atoms with Crippen LogP contribution in [-0.4, -0.2) is 30.6 Å². The number of hydrogen-bond acceptors (Lipinski definition) is 2. The van der Waals surface area contributed by atoms with Gasteiger partial charge in [0.25, 0.3) is 0 Å². The lowest BCUT2D eigenvalue weighted by molar-refractivity contribution is 0.305. The third-order valence-corrected chi connectivity index (χ3v) is 2.83. The SMILES string of the molecule is CC(C)C(N)CCN1CCCC1. The van der Waals surface area contributed by atoms with Gasteiger partial charge in [-0.2, -0.15) is 0 Å². The summed E-state index contributed by atoms with van der Waals surface area (Å²) in [5.74, 6) is 0.632. The molecule has 2 nitrogen and oxygen atoms in total. The summed E-state index contributed by atoms with van der Waals surface area (Å²) in [7, 11) is 0. The van der Waals surface area contributed by atoms with E-state index in [0.717, 1.165) is 6.42 Å². The highest BCUT2D eigenvalue weighted by atomic mass is 15.1. The van der Waals surface area contributed by atoms with Crippen LogP contribution in [0, 0.1) is 5.92 Å². The van der Waals surface area contributed by atoms with E-state index in [-0.39, 0.29) is 0 Å². The van der Waals surface area contributed by atoms with E-state index in [0.29, 0.717) is 12.0 Å². The third-order valence-electron chi connectivity index (χ3n) is 2.83. The van der Waals surface area contributed by atoms with Gasteiger partial charge in [0, 0.05) is 6.04 Å². The van der Waals surface area contributed by atoms with E-state index < -0.39 is 0 Å². The number of rotatable bonds is 4. The molecule has 0 aliphatic carbocycles. The first-order chi connectivity index (χ1) is 5.70. The molecule has 1 aliphatic heterocycles. The smallest absolute Gasteiger partial charge is 0.00740 e. The van der Waals surface area contributed by atoms with Crippen LogP contribution in [0.15, 0.2) is 0 Å². The Morgan fingerprint density at radius 1 is 1.25 bits per heavy atom. The Balaban J connectivity index is 2.07. The zero-order chi connectivity index (χ0) is 8.97. The number of hydrogen-bond donors (Lipinski definition) is 1. The molecule has 1 rings (SSSR count). The molecule has 0 bridgehead atoms. The lowest BCUT2D eigenvalue weighted by Crippen LogP contribution is -2.32. The van der Waals surface area contributed by atoms with Crippen LogP contribution in [0.2, 0.25) is 0 Å². The van der Waals surface area contributed by atoms with Crippen LogP contribution >= 0.6 is 0 Å². The van der Waals surface area contributed by atoms with Gasteiger partial charge in [-0.05, 0) is 44.8 Å². The van der Waals surface area contributed by atoms with Crippen LogP contribution in [0.3, 0.4) is 0 Å². The summed E-state index contributed by atoms with van der Waals surface area (Å²) in [5, 5.41) is 0. The lowest BCUT2D eigenvalue weighted by atomic mass is 10.0. The maximum atomic E-state index is 5.97. The van der Waals surface area contributed by atoms with Gasteiger partial charge >= 0.3 is 0 Å². The normalized spacial score (nSPS) is 22.0. The Morgan fingerprint density at radius 3 is 2.33 bits per heavy atom. The van der Waals surface area contributed by atoms with Crippen molar-refractivity contribution in [3.05, 3.63) is 0 Å². The Bertz CT molecular complexity index is 115. The van der Waals surface area contributed by atoms with Crippen molar-refractivity contribution in [1.82, 2.24) is 4.90 Å². The molecule has 0 radical (unpaired) electrons. The van der Waals surface area contributed by atoms with Crippen LogP contribution in [0.25, 0.3) is 0 Å². The molecule has 0 aromatic carbocycles. The van der Waals surface area contributed by atoms with Gasteiger partial charge in [0.2, 0.25) is 0 Å². The van der Waals surface area contributed by atoms with Gasteiger partial charge < -0.3 is 10.6 Å². The third kappa shape index (κ3) is 3.11. The summed E-state index contributed by atoms with van der Waals surface area (Å²) < 4.78 is 0. The zero-order valence-corrected chi connectivity index (χ0v) is 8.42. The first kappa shape index (κ1) is 10.0. The lowest BCUT2D eigenvalue weighted by Gasteiger charge is -2.20. The van der Waals surface area contributed by atoms with Gasteiger partial charge in [0.15, 0.2) is 0 Å². The van der Waals surface area contributed by atoms with Crippen molar-refractivity contribution in [3.8, 4) is 0 Å². The molecule has 0 aromatic rings. The quantitative estimate of drug-likeness (QED) is 0.692. The van der Waals surface area contributed by atoms with Crippen molar-refractivity contribution in [2.45, 2.75) is 39.2 Å². The molecule has 1 fully saturated rings. The van der Waals surface area contributed by atoms with E-state index in [1.54, 1.807) is 0 Å². The van der Waals surface area contributed by atoms with Crippen molar-refractivity contribution in [2.75, 3.05) is 19.6 Å². The van der Waals surface area contributed by atoms with E-state index in [2.05, 4.69) is 18.7 Å². The molecule has 0 aromatic heterocycles. The summed E-state index contributed by atoms with van der Waals surface area (Å²) in [6.45, 7) is 8.21. The van der Waals surface area contributed by atoms with Crippen molar-refractivity contribution in [1.29, 1.82) is 0 Å². The number of nitrogens with zero attached hydrogens (tertiary/aromatic N) is 1. The second-order valence-electron chi connectivity index (χ2n) is 4.25. The highest BCUT2D eigenvalue weighted by molar-refractivity contribution is 4.71. The van der Waals surface area contributed by atoms with Crippen molar-refractivity contribution < 1.29 is 0 Å². The maximum Gasteiger partial charge on any atom is 0.00740 e. The van der Waals surface area contributed by atoms with E-state index in [9.17, 15) is 0 Å². The first-order valence-corrected chi connectivity index (χ1v) is 5.18. The Kier molecular flexibility index (Phi) is 4.02. The molecule has 0 spiro atoms. The van der Waals surface area contributed by atoms with Crippen molar-refractivity contribution in [2.24, 2.45) is 11.7 Å². The maximum absolute atomic E-state index is 5.97. The summed E-state index contributed by atoms with van der Waals surface area (Å²) in [6.07, 6.45) is 3.94. The predicted molar refractivity (Wildman–Crippen MR) is 53.1 cm³/mol. The first-order valence-electron chi connectivity index (χ1n) is 5.18. The minimum Gasteiger partial charge on any atom is -0.327 e. The van der Waals surface area contributed by atoms with E-state index in [4.69, 9.17) is 5.73 Å². The number of likely N-dealkylation sites (tertiary alicyclic amines) is 1. The Hall–Kier alpha value is -0.0800. The van der Waals surface area contributed by atoms with Gasteiger partial charge in [-0.15, -0.1) is 0 Å². The zero-order valence-electron chi connectivity index (χ0n) is 8.42. The summed E-state index contributed by atoms with van der Waals surface area (Å²) >= 11 is 0. The minimum atomic E-state index is 0.394. The minimum absolute atomic E-state index is 0.394. The van der Waals surface area contributed by atoms with Crippen molar-refractivity contribution in [3.63, 3.8) is 0 Å². The summed E-state index contributed by atoms with van der Waals surface area (Å²) in [5.41, 5.74) is 5.97. The Labute approximate surface area is 76.1 Å². The molecule has 0 saturated carbocycles. The van der Waals surface area contributed by atoms with Crippen LogP contribution in [0.5, 0.6) is 0 Å². The second kappa shape index (κ2) is 4.83. The molecule has 1 unspecified atom stereocenters. The van der Waals surface area contributed by atoms with E-state index in [1.807, 2.05) is 0 Å².